The maximum absolute atomic E-state index is 11.7. The summed E-state index contributed by atoms with van der Waals surface area (Å²) >= 11 is -2.05. The molecule has 1 N–H and O–H groups in total. The number of aryl methyl sites for hydroxylation is 2. The van der Waals surface area contributed by atoms with Gasteiger partial charge < -0.3 is 5.11 Å². The molecule has 0 unspecified atom stereocenters. The van der Waals surface area contributed by atoms with E-state index >= 15 is 0 Å². The molecule has 0 bridgehead atoms. The fourth-order valence-corrected chi connectivity index (χ4v) is 8.20. The van der Waals surface area contributed by atoms with Crippen molar-refractivity contribution in [2.24, 2.45) is 11.8 Å². The molecule has 0 atom stereocenters. The zero-order valence-electron chi connectivity index (χ0n) is 25.0. The first kappa shape index (κ1) is 33.3. The summed E-state index contributed by atoms with van der Waals surface area (Å²) in [6.45, 7) is 12.2. The first-order valence-electron chi connectivity index (χ1n) is 14.0. The minimum absolute atomic E-state index is 0. The second-order valence-corrected chi connectivity index (χ2v) is 22.0. The summed E-state index contributed by atoms with van der Waals surface area (Å²) in [4.78, 5) is 16.4. The molecule has 3 aromatic rings. The molecule has 4 nitrogen and oxygen atoms in total. The number of rotatable bonds is 8. The van der Waals surface area contributed by atoms with Crippen LogP contribution in [0.2, 0.25) is 17.3 Å². The summed E-state index contributed by atoms with van der Waals surface area (Å²) in [5, 5.41) is 12.1. The van der Waals surface area contributed by atoms with Crippen LogP contribution < -0.4 is 9.13 Å². The van der Waals surface area contributed by atoms with Crippen LogP contribution in [0.15, 0.2) is 42.3 Å². The van der Waals surface area contributed by atoms with Gasteiger partial charge in [0.05, 0.1) is 5.76 Å². The predicted octanol–water partition coefficient (Wildman–Crippen LogP) is 8.84. The molecule has 1 radical (unpaired) electrons. The van der Waals surface area contributed by atoms with Crippen molar-refractivity contribution in [3.8, 4) is 22.8 Å². The Morgan fingerprint density at radius 1 is 1.00 bits per heavy atom. The van der Waals surface area contributed by atoms with Crippen LogP contribution in [0.3, 0.4) is 0 Å². The third-order valence-corrected chi connectivity index (χ3v) is 11.8. The number of fused-ring (bicyclic) bond motifs is 2. The fraction of sp³-hybridized carbons (Fsp3) is 0.455. The molecule has 6 heteroatoms. The molecule has 0 saturated heterocycles. The van der Waals surface area contributed by atoms with E-state index in [9.17, 15) is 9.90 Å². The number of benzene rings is 2. The van der Waals surface area contributed by atoms with Crippen LogP contribution in [0, 0.1) is 31.7 Å². The van der Waals surface area contributed by atoms with Gasteiger partial charge in [-0.2, -0.15) is 0 Å². The van der Waals surface area contributed by atoms with Gasteiger partial charge in [0.2, 0.25) is 0 Å². The monoisotopic (exact) mass is 769 g/mol. The second-order valence-electron chi connectivity index (χ2n) is 11.4. The number of ketones is 1. The van der Waals surface area contributed by atoms with Gasteiger partial charge in [-0.3, -0.25) is 4.79 Å². The molecule has 0 aliphatic carbocycles. The standard InChI is InChI=1S/C20H20GeNO.C13H24O2.Ir/c1-12-10-13(2)19-15(11-12)18-17-14(8-9-22-18)6-7-16(20(17)23-19)21(3,4)5;1-5-10(6-2)12(14)9-13(15)11(7-3)8-4;/h6-10H,1-5H3;9-11,14H,5-8H2,1-4H3;/q-1;;/b;12-9-;. The molecule has 4 rings (SSSR count). The third-order valence-electron chi connectivity index (χ3n) is 7.56. The number of aliphatic hydroxyl groups is 1. The zero-order chi connectivity index (χ0) is 28.2. The van der Waals surface area contributed by atoms with Crippen LogP contribution >= 0.6 is 0 Å². The quantitative estimate of drug-likeness (QED) is 0.0843. The number of carbonyl (C=O) groups is 1. The Morgan fingerprint density at radius 2 is 1.62 bits per heavy atom. The van der Waals surface area contributed by atoms with Crippen molar-refractivity contribution in [2.45, 2.75) is 84.5 Å². The van der Waals surface area contributed by atoms with Gasteiger partial charge in [0.15, 0.2) is 5.78 Å². The van der Waals surface area contributed by atoms with Gasteiger partial charge in [0.1, 0.15) is 0 Å². The Kier molecular flexibility index (Phi) is 12.0. The Morgan fingerprint density at radius 3 is 2.18 bits per heavy atom. The number of hydrogen-bond donors (Lipinski definition) is 1. The van der Waals surface area contributed by atoms with E-state index < -0.39 is 13.3 Å². The largest absolute Gasteiger partial charge is 0 e. The van der Waals surface area contributed by atoms with Crippen molar-refractivity contribution in [2.75, 3.05) is 0 Å². The molecular formula is C33H44GeIrNO3-. The number of aromatic nitrogens is 1. The fourth-order valence-electron chi connectivity index (χ4n) is 5.18. The molecule has 1 aromatic heterocycles. The molecule has 2 heterocycles. The van der Waals surface area contributed by atoms with Crippen LogP contribution in [0.4, 0.5) is 0 Å². The molecule has 0 amide bonds. The van der Waals surface area contributed by atoms with E-state index in [2.05, 4.69) is 61.4 Å². The Hall–Kier alpha value is -1.95. The molecular weight excluding hydrogens is 723 g/mol. The number of carbonyl (C=O) groups excluding carboxylic acids is 1. The number of pyridine rings is 1. The molecule has 213 valence electrons. The topological polar surface area (TPSA) is 59.4 Å². The van der Waals surface area contributed by atoms with Gasteiger partial charge in [-0.1, -0.05) is 27.7 Å². The van der Waals surface area contributed by atoms with Crippen molar-refractivity contribution >= 4 is 34.2 Å². The minimum Gasteiger partial charge on any atom is 0 e. The zero-order valence-corrected chi connectivity index (χ0v) is 29.5. The molecule has 2 aromatic carbocycles. The molecule has 0 fully saturated rings. The smallest absolute Gasteiger partial charge is 0 e. The van der Waals surface area contributed by atoms with E-state index in [0.717, 1.165) is 65.0 Å². The van der Waals surface area contributed by atoms with E-state index in [1.165, 1.54) is 15.9 Å². The van der Waals surface area contributed by atoms with Gasteiger partial charge >= 0.3 is 140 Å². The molecule has 0 spiro atoms. The average molecular weight is 768 g/mol. The third kappa shape index (κ3) is 7.42. The van der Waals surface area contributed by atoms with Gasteiger partial charge in [-0.25, -0.2) is 0 Å². The molecule has 1 aliphatic rings. The van der Waals surface area contributed by atoms with E-state index in [0.29, 0.717) is 0 Å². The summed E-state index contributed by atoms with van der Waals surface area (Å²) in [5.41, 5.74) is 4.28. The summed E-state index contributed by atoms with van der Waals surface area (Å²) in [6.07, 6.45) is 6.80. The van der Waals surface area contributed by atoms with Crippen LogP contribution in [0.5, 0.6) is 11.5 Å². The average Bonchev–Trinajstić information content (AvgIpc) is 2.86. The van der Waals surface area contributed by atoms with Gasteiger partial charge in [-0.05, 0) is 25.7 Å². The Balaban J connectivity index is 0.000000294. The van der Waals surface area contributed by atoms with Gasteiger partial charge in [0.25, 0.3) is 0 Å². The minimum atomic E-state index is -2.05. The van der Waals surface area contributed by atoms with Crippen molar-refractivity contribution in [1.29, 1.82) is 0 Å². The van der Waals surface area contributed by atoms with Crippen molar-refractivity contribution in [3.63, 3.8) is 0 Å². The van der Waals surface area contributed by atoms with Crippen LogP contribution in [0.25, 0.3) is 22.0 Å². The van der Waals surface area contributed by atoms with E-state index in [1.807, 2.05) is 33.9 Å². The van der Waals surface area contributed by atoms with Gasteiger partial charge in [-0.15, -0.1) is 0 Å². The first-order valence-corrected chi connectivity index (χ1v) is 21.4. The van der Waals surface area contributed by atoms with Crippen molar-refractivity contribution in [3.05, 3.63) is 59.5 Å². The predicted molar refractivity (Wildman–Crippen MR) is 162 cm³/mol. The van der Waals surface area contributed by atoms with Crippen molar-refractivity contribution < 1.29 is 34.7 Å². The maximum Gasteiger partial charge on any atom is 0 e. The SMILES string of the molecule is CCC(CC)C(=O)/C=C(\O)C(CC)CC.Cc1[c-]c2c(c(C)c1)Oc1[c]([Ge]([CH3])([CH3])[CH3])ccc3ccnc-2c13.[Ir]. The molecule has 1 aliphatic heterocycles. The summed E-state index contributed by atoms with van der Waals surface area (Å²) < 4.78 is 7.87. The normalized spacial score (nSPS) is 12.4. The van der Waals surface area contributed by atoms with Crippen LogP contribution in [-0.2, 0) is 24.9 Å². The number of aliphatic hydroxyl groups excluding tert-OH is 1. The Bertz CT molecular complexity index is 1340. The number of nitrogens with zero attached hydrogens (tertiary/aromatic N) is 1. The van der Waals surface area contributed by atoms with Gasteiger partial charge in [0, 0.05) is 38.0 Å². The molecule has 0 saturated carbocycles. The van der Waals surface area contributed by atoms with E-state index in [4.69, 9.17) is 9.72 Å². The first-order chi connectivity index (χ1) is 18.0. The number of ether oxygens (including phenoxy) is 1. The van der Waals surface area contributed by atoms with E-state index in [-0.39, 0.29) is 43.5 Å². The number of allylic oxidation sites excluding steroid dienone is 2. The van der Waals surface area contributed by atoms with E-state index in [1.54, 1.807) is 0 Å². The van der Waals surface area contributed by atoms with Crippen LogP contribution in [-0.4, -0.2) is 29.1 Å². The summed E-state index contributed by atoms with van der Waals surface area (Å²) in [5.74, 6) is 9.71. The Labute approximate surface area is 251 Å². The second kappa shape index (κ2) is 14.1. The maximum atomic E-state index is 11.7. The summed E-state index contributed by atoms with van der Waals surface area (Å²) in [7, 11) is 0. The summed E-state index contributed by atoms with van der Waals surface area (Å²) in [6, 6.07) is 12.1. The van der Waals surface area contributed by atoms with Crippen molar-refractivity contribution in [1.82, 2.24) is 4.98 Å². The molecule has 39 heavy (non-hydrogen) atoms. The van der Waals surface area contributed by atoms with Crippen LogP contribution in [0.1, 0.15) is 64.5 Å². The number of hydrogen-bond acceptors (Lipinski definition) is 4.